The van der Waals surface area contributed by atoms with Gasteiger partial charge in [-0.2, -0.15) is 5.10 Å². The standard InChI is InChI=1S/C23H27N3O3/c1-16(2)29-15-19-11-9-18(10-12-19)14-24-23(28)21-13-22(17(3)27)26(25-21)20-7-5-4-6-8-20/h4-12,16,22H,13-15H2,1-3H3,(H,24,28). The highest BCUT2D eigenvalue weighted by molar-refractivity contribution is 6.40. The Morgan fingerprint density at radius 2 is 1.76 bits per heavy atom. The average molecular weight is 393 g/mol. The van der Waals surface area contributed by atoms with Crippen LogP contribution in [0.3, 0.4) is 0 Å². The fourth-order valence-electron chi connectivity index (χ4n) is 3.08. The highest BCUT2D eigenvalue weighted by Crippen LogP contribution is 2.25. The van der Waals surface area contributed by atoms with E-state index in [1.54, 1.807) is 5.01 Å². The van der Waals surface area contributed by atoms with Gasteiger partial charge in [0.15, 0.2) is 5.78 Å². The highest BCUT2D eigenvalue weighted by atomic mass is 16.5. The van der Waals surface area contributed by atoms with Crippen LogP contribution in [0.4, 0.5) is 5.69 Å². The Balaban J connectivity index is 1.61. The second-order valence-electron chi connectivity index (χ2n) is 7.42. The summed E-state index contributed by atoms with van der Waals surface area (Å²) >= 11 is 0. The molecule has 0 saturated heterocycles. The number of hydrazone groups is 1. The third-order valence-corrected chi connectivity index (χ3v) is 4.72. The second kappa shape index (κ2) is 9.47. The lowest BCUT2D eigenvalue weighted by atomic mass is 10.1. The van der Waals surface area contributed by atoms with E-state index in [-0.39, 0.29) is 17.8 Å². The number of carbonyl (C=O) groups is 2. The first-order chi connectivity index (χ1) is 13.9. The molecule has 0 fully saturated rings. The molecule has 1 atom stereocenters. The van der Waals surface area contributed by atoms with Crippen molar-refractivity contribution in [2.75, 3.05) is 5.01 Å². The van der Waals surface area contributed by atoms with E-state index in [9.17, 15) is 9.59 Å². The molecule has 2 aromatic carbocycles. The number of hydrogen-bond acceptors (Lipinski definition) is 5. The van der Waals surface area contributed by atoms with Gasteiger partial charge < -0.3 is 10.1 Å². The lowest BCUT2D eigenvalue weighted by molar-refractivity contribution is -0.118. The molecule has 1 aliphatic heterocycles. The summed E-state index contributed by atoms with van der Waals surface area (Å²) in [6, 6.07) is 16.9. The van der Waals surface area contributed by atoms with Crippen molar-refractivity contribution in [3.05, 3.63) is 65.7 Å². The zero-order valence-corrected chi connectivity index (χ0v) is 17.1. The molecule has 0 spiro atoms. The van der Waals surface area contributed by atoms with Crippen molar-refractivity contribution in [1.82, 2.24) is 5.32 Å². The Morgan fingerprint density at radius 3 is 2.38 bits per heavy atom. The molecule has 6 heteroatoms. The number of ketones is 1. The summed E-state index contributed by atoms with van der Waals surface area (Å²) in [7, 11) is 0. The van der Waals surface area contributed by atoms with Crippen molar-refractivity contribution in [1.29, 1.82) is 0 Å². The maximum Gasteiger partial charge on any atom is 0.267 e. The largest absolute Gasteiger partial charge is 0.374 e. The van der Waals surface area contributed by atoms with Crippen LogP contribution in [0, 0.1) is 0 Å². The van der Waals surface area contributed by atoms with Crippen molar-refractivity contribution in [3.63, 3.8) is 0 Å². The Labute approximate surface area is 171 Å². The van der Waals surface area contributed by atoms with E-state index < -0.39 is 6.04 Å². The van der Waals surface area contributed by atoms with Crippen LogP contribution < -0.4 is 10.3 Å². The number of benzene rings is 2. The van der Waals surface area contributed by atoms with Gasteiger partial charge in [-0.25, -0.2) is 0 Å². The Hall–Kier alpha value is -2.99. The summed E-state index contributed by atoms with van der Waals surface area (Å²) in [6.07, 6.45) is 0.497. The second-order valence-corrected chi connectivity index (χ2v) is 7.42. The molecule has 0 saturated carbocycles. The molecule has 6 nitrogen and oxygen atoms in total. The Kier molecular flexibility index (Phi) is 6.77. The van der Waals surface area contributed by atoms with Crippen LogP contribution in [-0.4, -0.2) is 29.5 Å². The molecule has 1 amide bonds. The van der Waals surface area contributed by atoms with Gasteiger partial charge in [-0.05, 0) is 44.0 Å². The van der Waals surface area contributed by atoms with Gasteiger partial charge in [-0.15, -0.1) is 0 Å². The third kappa shape index (κ3) is 5.51. The van der Waals surface area contributed by atoms with Gasteiger partial charge >= 0.3 is 0 Å². The normalized spacial score (nSPS) is 16.1. The van der Waals surface area contributed by atoms with E-state index in [2.05, 4.69) is 10.4 Å². The lowest BCUT2D eigenvalue weighted by Gasteiger charge is -2.20. The summed E-state index contributed by atoms with van der Waals surface area (Å²) in [6.45, 7) is 6.51. The molecule has 0 aliphatic carbocycles. The minimum atomic E-state index is -0.446. The first-order valence-electron chi connectivity index (χ1n) is 9.84. The van der Waals surface area contributed by atoms with E-state index in [0.717, 1.165) is 16.8 Å². The van der Waals surface area contributed by atoms with E-state index in [4.69, 9.17) is 4.74 Å². The molecule has 29 heavy (non-hydrogen) atoms. The van der Waals surface area contributed by atoms with Crippen LogP contribution >= 0.6 is 0 Å². The summed E-state index contributed by atoms with van der Waals surface area (Å²) in [5.41, 5.74) is 3.26. The van der Waals surface area contributed by atoms with Crippen molar-refractivity contribution >= 4 is 23.1 Å². The maximum atomic E-state index is 12.6. The predicted molar refractivity (Wildman–Crippen MR) is 114 cm³/mol. The van der Waals surface area contributed by atoms with Crippen LogP contribution in [0.1, 0.15) is 38.3 Å². The van der Waals surface area contributed by atoms with Crippen molar-refractivity contribution in [2.24, 2.45) is 5.10 Å². The summed E-state index contributed by atoms with van der Waals surface area (Å²) in [5.74, 6) is -0.262. The number of hydrogen-bond donors (Lipinski definition) is 1. The SMILES string of the molecule is CC(=O)C1CC(C(=O)NCc2ccc(COC(C)C)cc2)=NN1c1ccccc1. The number of Topliss-reactive ketones (excluding diaryl/α,β-unsaturated/α-hetero) is 1. The monoisotopic (exact) mass is 393 g/mol. The van der Waals surface area contributed by atoms with Crippen LogP contribution in [0.5, 0.6) is 0 Å². The van der Waals surface area contributed by atoms with Gasteiger partial charge in [-0.1, -0.05) is 42.5 Å². The van der Waals surface area contributed by atoms with Crippen molar-refractivity contribution in [3.8, 4) is 0 Å². The number of carbonyl (C=O) groups excluding carboxylic acids is 2. The van der Waals surface area contributed by atoms with Crippen LogP contribution in [0.2, 0.25) is 0 Å². The van der Waals surface area contributed by atoms with Crippen LogP contribution in [-0.2, 0) is 27.5 Å². The van der Waals surface area contributed by atoms with Gasteiger partial charge in [-0.3, -0.25) is 14.6 Å². The molecule has 3 rings (SSSR count). The molecule has 0 bridgehead atoms. The minimum Gasteiger partial charge on any atom is -0.374 e. The predicted octanol–water partition coefficient (Wildman–Crippen LogP) is 3.45. The quantitative estimate of drug-likeness (QED) is 0.746. The first kappa shape index (κ1) is 20.7. The summed E-state index contributed by atoms with van der Waals surface area (Å²) < 4.78 is 5.59. The number of nitrogens with one attached hydrogen (secondary N) is 1. The van der Waals surface area contributed by atoms with Gasteiger partial charge in [0.05, 0.1) is 18.4 Å². The van der Waals surface area contributed by atoms with Gasteiger partial charge in [0.25, 0.3) is 5.91 Å². The number of anilines is 1. The fraction of sp³-hybridized carbons (Fsp3) is 0.348. The fourth-order valence-corrected chi connectivity index (χ4v) is 3.08. The topological polar surface area (TPSA) is 71.0 Å². The molecule has 0 aromatic heterocycles. The highest BCUT2D eigenvalue weighted by Gasteiger charge is 2.33. The molecule has 1 unspecified atom stereocenters. The van der Waals surface area contributed by atoms with E-state index in [1.165, 1.54) is 6.92 Å². The molecular weight excluding hydrogens is 366 g/mol. The number of rotatable bonds is 8. The molecule has 1 N–H and O–H groups in total. The van der Waals surface area contributed by atoms with Gasteiger partial charge in [0.2, 0.25) is 0 Å². The molecule has 0 radical (unpaired) electrons. The molecule has 2 aromatic rings. The van der Waals surface area contributed by atoms with E-state index in [1.807, 2.05) is 68.4 Å². The molecule has 1 heterocycles. The van der Waals surface area contributed by atoms with Crippen LogP contribution in [0.25, 0.3) is 0 Å². The lowest BCUT2D eigenvalue weighted by Crippen LogP contribution is -2.34. The van der Waals surface area contributed by atoms with Gasteiger partial charge in [0, 0.05) is 13.0 Å². The van der Waals surface area contributed by atoms with E-state index >= 15 is 0 Å². The minimum absolute atomic E-state index is 0.0143. The smallest absolute Gasteiger partial charge is 0.267 e. The molecule has 152 valence electrons. The summed E-state index contributed by atoms with van der Waals surface area (Å²) in [4.78, 5) is 24.7. The Bertz CT molecular complexity index is 876. The number of ether oxygens (including phenoxy) is 1. The Morgan fingerprint density at radius 1 is 1.10 bits per heavy atom. The van der Waals surface area contributed by atoms with Gasteiger partial charge in [0.1, 0.15) is 11.8 Å². The maximum absolute atomic E-state index is 12.6. The average Bonchev–Trinajstić information content (AvgIpc) is 3.18. The molecular formula is C23H27N3O3. The number of amides is 1. The first-order valence-corrected chi connectivity index (χ1v) is 9.84. The third-order valence-electron chi connectivity index (χ3n) is 4.72. The zero-order chi connectivity index (χ0) is 20.8. The number of para-hydroxylation sites is 1. The summed E-state index contributed by atoms with van der Waals surface area (Å²) in [5, 5.41) is 8.97. The van der Waals surface area contributed by atoms with Crippen molar-refractivity contribution in [2.45, 2.75) is 52.5 Å². The number of nitrogens with zero attached hydrogens (tertiary/aromatic N) is 2. The van der Waals surface area contributed by atoms with Crippen molar-refractivity contribution < 1.29 is 14.3 Å². The van der Waals surface area contributed by atoms with E-state index in [0.29, 0.717) is 25.3 Å². The molecule has 1 aliphatic rings. The zero-order valence-electron chi connectivity index (χ0n) is 17.1. The van der Waals surface area contributed by atoms with Crippen LogP contribution in [0.15, 0.2) is 59.7 Å².